The molecule has 0 radical (unpaired) electrons. The van der Waals surface area contributed by atoms with Crippen molar-refractivity contribution < 1.29 is 41.8 Å². The second kappa shape index (κ2) is 8.71. The molecule has 2 aromatic carbocycles. The van der Waals surface area contributed by atoms with Crippen LogP contribution in [0, 0.1) is 0 Å². The molecule has 180 valence electrons. The summed E-state index contributed by atoms with van der Waals surface area (Å²) >= 11 is 5.98. The van der Waals surface area contributed by atoms with Gasteiger partial charge >= 0.3 is 12.1 Å². The van der Waals surface area contributed by atoms with Crippen molar-refractivity contribution in [3.05, 3.63) is 52.0 Å². The number of alkyl halides is 3. The molecule has 1 N–H and O–H groups in total. The van der Waals surface area contributed by atoms with Crippen LogP contribution in [0.25, 0.3) is 0 Å². The predicted molar refractivity (Wildman–Crippen MR) is 113 cm³/mol. The van der Waals surface area contributed by atoms with E-state index in [1.54, 1.807) is 0 Å². The lowest BCUT2D eigenvalue weighted by molar-refractivity contribution is -0.144. The van der Waals surface area contributed by atoms with Gasteiger partial charge in [-0.25, -0.2) is 4.79 Å². The minimum Gasteiger partial charge on any atom is -0.493 e. The van der Waals surface area contributed by atoms with Gasteiger partial charge in [-0.2, -0.15) is 13.2 Å². The Morgan fingerprint density at radius 1 is 1.18 bits per heavy atom. The summed E-state index contributed by atoms with van der Waals surface area (Å²) in [5.74, 6) is -1.60. The first-order chi connectivity index (χ1) is 16.1. The number of cyclic esters (lactones) is 1. The van der Waals surface area contributed by atoms with Gasteiger partial charge in [-0.3, -0.25) is 14.5 Å². The van der Waals surface area contributed by atoms with Crippen LogP contribution in [0.3, 0.4) is 0 Å². The second-order valence-corrected chi connectivity index (χ2v) is 7.97. The average Bonchev–Trinajstić information content (AvgIpc) is 3.33. The van der Waals surface area contributed by atoms with Gasteiger partial charge in [-0.1, -0.05) is 11.6 Å². The smallest absolute Gasteiger partial charge is 0.416 e. The van der Waals surface area contributed by atoms with Gasteiger partial charge in [0.25, 0.3) is 0 Å². The summed E-state index contributed by atoms with van der Waals surface area (Å²) < 4.78 is 55.1. The van der Waals surface area contributed by atoms with Gasteiger partial charge in [0.2, 0.25) is 18.0 Å². The number of amides is 2. The first kappa shape index (κ1) is 23.7. The van der Waals surface area contributed by atoms with Crippen molar-refractivity contribution in [2.24, 2.45) is 0 Å². The summed E-state index contributed by atoms with van der Waals surface area (Å²) in [5.41, 5.74) is -0.887. The maximum Gasteiger partial charge on any atom is 0.416 e. The SMILES string of the molecule is COc1ccc2c(c1OC)C(=O)O[C@H]2N1C(=O)CC[C@@H]1C(=O)Nc1cc(C(F)(F)F)ccc1Cl. The number of benzene rings is 2. The topological polar surface area (TPSA) is 94.2 Å². The number of nitrogens with one attached hydrogen (secondary N) is 1. The maximum atomic E-state index is 13.1. The third kappa shape index (κ3) is 4.00. The zero-order valence-electron chi connectivity index (χ0n) is 17.9. The monoisotopic (exact) mass is 498 g/mol. The second-order valence-electron chi connectivity index (χ2n) is 7.56. The van der Waals surface area contributed by atoms with E-state index >= 15 is 0 Å². The molecule has 12 heteroatoms. The number of hydrogen-bond acceptors (Lipinski definition) is 6. The van der Waals surface area contributed by atoms with Crippen LogP contribution in [0.1, 0.15) is 40.6 Å². The number of methoxy groups -OCH3 is 2. The minimum atomic E-state index is -4.64. The fourth-order valence-corrected chi connectivity index (χ4v) is 4.22. The van der Waals surface area contributed by atoms with E-state index in [1.807, 2.05) is 0 Å². The van der Waals surface area contributed by atoms with Gasteiger partial charge in [0, 0.05) is 12.0 Å². The molecule has 0 aliphatic carbocycles. The first-order valence-electron chi connectivity index (χ1n) is 10.0. The van der Waals surface area contributed by atoms with Crippen LogP contribution in [0.5, 0.6) is 11.5 Å². The van der Waals surface area contributed by atoms with Crippen LogP contribution in [0.2, 0.25) is 5.02 Å². The van der Waals surface area contributed by atoms with Crippen LogP contribution in [0.15, 0.2) is 30.3 Å². The quantitative estimate of drug-likeness (QED) is 0.622. The van der Waals surface area contributed by atoms with Gasteiger partial charge in [0.1, 0.15) is 11.6 Å². The summed E-state index contributed by atoms with van der Waals surface area (Å²) in [6.07, 6.45) is -5.81. The molecule has 0 unspecified atom stereocenters. The average molecular weight is 499 g/mol. The van der Waals surface area contributed by atoms with Crippen molar-refractivity contribution in [2.45, 2.75) is 31.3 Å². The molecule has 0 aromatic heterocycles. The van der Waals surface area contributed by atoms with Gasteiger partial charge < -0.3 is 19.5 Å². The van der Waals surface area contributed by atoms with Crippen molar-refractivity contribution in [3.63, 3.8) is 0 Å². The Morgan fingerprint density at radius 3 is 2.56 bits per heavy atom. The van der Waals surface area contributed by atoms with Crippen molar-refractivity contribution in [3.8, 4) is 11.5 Å². The highest BCUT2D eigenvalue weighted by Crippen LogP contribution is 2.45. The molecule has 2 heterocycles. The Balaban J connectivity index is 1.65. The molecule has 0 spiro atoms. The highest BCUT2D eigenvalue weighted by Gasteiger charge is 2.48. The third-order valence-corrected chi connectivity index (χ3v) is 5.96. The Morgan fingerprint density at radius 2 is 1.91 bits per heavy atom. The predicted octanol–water partition coefficient (Wildman–Crippen LogP) is 4.17. The number of esters is 1. The fourth-order valence-electron chi connectivity index (χ4n) is 4.06. The molecule has 2 atom stereocenters. The van der Waals surface area contributed by atoms with Crippen molar-refractivity contribution >= 4 is 35.1 Å². The summed E-state index contributed by atoms with van der Waals surface area (Å²) in [6, 6.07) is 4.46. The Labute approximate surface area is 196 Å². The molecule has 0 bridgehead atoms. The number of fused-ring (bicyclic) bond motifs is 1. The summed E-state index contributed by atoms with van der Waals surface area (Å²) in [6.45, 7) is 0. The minimum absolute atomic E-state index is 0.0227. The highest BCUT2D eigenvalue weighted by molar-refractivity contribution is 6.33. The number of carbonyl (C=O) groups is 3. The van der Waals surface area contributed by atoms with Crippen molar-refractivity contribution in [1.82, 2.24) is 4.90 Å². The molecule has 2 aliphatic heterocycles. The summed E-state index contributed by atoms with van der Waals surface area (Å²) in [4.78, 5) is 39.4. The third-order valence-electron chi connectivity index (χ3n) is 5.63. The van der Waals surface area contributed by atoms with E-state index in [2.05, 4.69) is 5.32 Å². The molecule has 2 amide bonds. The van der Waals surface area contributed by atoms with Crippen LogP contribution in [0.4, 0.5) is 18.9 Å². The number of carbonyl (C=O) groups excluding carboxylic acids is 3. The molecule has 1 saturated heterocycles. The van der Waals surface area contributed by atoms with Gasteiger partial charge in [0.05, 0.1) is 30.5 Å². The highest BCUT2D eigenvalue weighted by atomic mass is 35.5. The maximum absolute atomic E-state index is 13.1. The zero-order valence-corrected chi connectivity index (χ0v) is 18.6. The normalized spacial score (nSPS) is 19.6. The Bertz CT molecular complexity index is 1190. The van der Waals surface area contributed by atoms with E-state index in [9.17, 15) is 27.6 Å². The standard InChI is InChI=1S/C22H18ClF3N2O6/c1-32-15-7-4-11-17(18(15)33-2)21(31)34-20(11)28-14(6-8-16(28)29)19(30)27-13-9-10(22(24,25)26)3-5-12(13)23/h3-5,7,9,14,20H,6,8H2,1-2H3,(H,27,30)/t14-,20-/m1/s1. The molecule has 34 heavy (non-hydrogen) atoms. The van der Waals surface area contributed by atoms with E-state index < -0.39 is 41.8 Å². The molecule has 0 saturated carbocycles. The lowest BCUT2D eigenvalue weighted by Crippen LogP contribution is -2.44. The number of halogens is 4. The molecule has 8 nitrogen and oxygen atoms in total. The molecular formula is C22H18ClF3N2O6. The lowest BCUT2D eigenvalue weighted by atomic mass is 10.0. The van der Waals surface area contributed by atoms with E-state index in [0.717, 1.165) is 17.0 Å². The lowest BCUT2D eigenvalue weighted by Gasteiger charge is -2.29. The zero-order chi connectivity index (χ0) is 24.8. The van der Waals surface area contributed by atoms with Crippen molar-refractivity contribution in [2.75, 3.05) is 19.5 Å². The molecule has 2 aromatic rings. The van der Waals surface area contributed by atoms with Crippen LogP contribution < -0.4 is 14.8 Å². The van der Waals surface area contributed by atoms with Crippen LogP contribution in [-0.2, 0) is 20.5 Å². The van der Waals surface area contributed by atoms with Gasteiger partial charge in [0.15, 0.2) is 11.5 Å². The largest absolute Gasteiger partial charge is 0.493 e. The number of rotatable bonds is 5. The van der Waals surface area contributed by atoms with E-state index in [1.165, 1.54) is 26.4 Å². The number of likely N-dealkylation sites (tertiary alicyclic amines) is 1. The first-order valence-corrected chi connectivity index (χ1v) is 10.4. The van der Waals surface area contributed by atoms with Gasteiger partial charge in [-0.15, -0.1) is 0 Å². The van der Waals surface area contributed by atoms with Gasteiger partial charge in [-0.05, 0) is 36.8 Å². The van der Waals surface area contributed by atoms with Crippen molar-refractivity contribution in [1.29, 1.82) is 0 Å². The molecule has 1 fully saturated rings. The Kier molecular flexibility index (Phi) is 6.07. The van der Waals surface area contributed by atoms with Crippen LogP contribution >= 0.6 is 11.6 Å². The number of nitrogens with zero attached hydrogens (tertiary/aromatic N) is 1. The van der Waals surface area contributed by atoms with E-state index in [-0.39, 0.29) is 40.6 Å². The fraction of sp³-hybridized carbons (Fsp3) is 0.318. The van der Waals surface area contributed by atoms with E-state index in [4.69, 9.17) is 25.8 Å². The summed E-state index contributed by atoms with van der Waals surface area (Å²) in [7, 11) is 2.74. The number of anilines is 1. The van der Waals surface area contributed by atoms with Crippen LogP contribution in [-0.4, -0.2) is 42.9 Å². The molecular weight excluding hydrogens is 481 g/mol. The summed E-state index contributed by atoms with van der Waals surface area (Å²) in [5, 5.41) is 2.26. The Hall–Kier alpha value is -3.47. The molecule has 2 aliphatic rings. The molecule has 4 rings (SSSR count). The van der Waals surface area contributed by atoms with E-state index in [0.29, 0.717) is 11.6 Å². The number of ether oxygens (including phenoxy) is 3. The number of hydrogen-bond donors (Lipinski definition) is 1.